The molecule has 1 aromatic heterocycles. The Balaban J connectivity index is 2.07. The van der Waals surface area contributed by atoms with Crippen LogP contribution < -0.4 is 10.2 Å². The Morgan fingerprint density at radius 2 is 2.00 bits per heavy atom. The van der Waals surface area contributed by atoms with E-state index in [1.165, 1.54) is 10.9 Å². The largest absolute Gasteiger partial charge is 0.354 e. The SMILES string of the molecule is Cc1cc(N2CCNCC2)nc2cc(Cl)ccc12. The first-order valence-corrected chi connectivity index (χ1v) is 6.64. The van der Waals surface area contributed by atoms with Gasteiger partial charge >= 0.3 is 0 Å². The third-order valence-electron chi connectivity index (χ3n) is 3.41. The van der Waals surface area contributed by atoms with Gasteiger partial charge in [0, 0.05) is 36.6 Å². The Kier molecular flexibility index (Phi) is 3.10. The zero-order valence-electron chi connectivity index (χ0n) is 10.4. The third kappa shape index (κ3) is 2.16. The molecule has 3 nitrogen and oxygen atoms in total. The van der Waals surface area contributed by atoms with Gasteiger partial charge in [-0.25, -0.2) is 4.98 Å². The molecule has 0 atom stereocenters. The van der Waals surface area contributed by atoms with Gasteiger partial charge in [-0.05, 0) is 30.7 Å². The maximum atomic E-state index is 6.05. The van der Waals surface area contributed by atoms with E-state index >= 15 is 0 Å². The van der Waals surface area contributed by atoms with Crippen molar-refractivity contribution in [3.63, 3.8) is 0 Å². The Labute approximate surface area is 112 Å². The number of nitrogens with one attached hydrogen (secondary N) is 1. The van der Waals surface area contributed by atoms with Gasteiger partial charge in [0.05, 0.1) is 5.52 Å². The van der Waals surface area contributed by atoms with Crippen molar-refractivity contribution in [1.29, 1.82) is 0 Å². The highest BCUT2D eigenvalue weighted by molar-refractivity contribution is 6.31. The summed E-state index contributed by atoms with van der Waals surface area (Å²) >= 11 is 6.05. The lowest BCUT2D eigenvalue weighted by atomic mass is 10.1. The van der Waals surface area contributed by atoms with Crippen LogP contribution in [0.15, 0.2) is 24.3 Å². The molecule has 1 aliphatic heterocycles. The van der Waals surface area contributed by atoms with Crippen molar-refractivity contribution in [2.75, 3.05) is 31.1 Å². The number of piperazine rings is 1. The average molecular weight is 262 g/mol. The second-order valence-electron chi connectivity index (χ2n) is 4.70. The second-order valence-corrected chi connectivity index (χ2v) is 5.13. The summed E-state index contributed by atoms with van der Waals surface area (Å²) in [4.78, 5) is 7.06. The normalized spacial score (nSPS) is 16.2. The summed E-state index contributed by atoms with van der Waals surface area (Å²) in [5.74, 6) is 1.06. The van der Waals surface area contributed by atoms with Gasteiger partial charge in [0.15, 0.2) is 0 Å². The number of pyridine rings is 1. The lowest BCUT2D eigenvalue weighted by Gasteiger charge is -2.28. The minimum absolute atomic E-state index is 0.742. The molecule has 18 heavy (non-hydrogen) atoms. The zero-order valence-corrected chi connectivity index (χ0v) is 11.2. The number of hydrogen-bond donors (Lipinski definition) is 1. The monoisotopic (exact) mass is 261 g/mol. The zero-order chi connectivity index (χ0) is 12.5. The van der Waals surface area contributed by atoms with Crippen molar-refractivity contribution >= 4 is 28.3 Å². The summed E-state index contributed by atoms with van der Waals surface area (Å²) in [6.45, 7) is 6.20. The molecule has 2 aromatic rings. The minimum atomic E-state index is 0.742. The molecule has 0 spiro atoms. The summed E-state index contributed by atoms with van der Waals surface area (Å²) in [6, 6.07) is 8.07. The predicted octanol–water partition coefficient (Wildman–Crippen LogP) is 2.61. The molecule has 0 saturated carbocycles. The number of anilines is 1. The molecule has 94 valence electrons. The topological polar surface area (TPSA) is 28.2 Å². The molecule has 2 heterocycles. The number of halogens is 1. The van der Waals surface area contributed by atoms with E-state index in [1.807, 2.05) is 18.2 Å². The molecule has 0 bridgehead atoms. The van der Waals surface area contributed by atoms with Gasteiger partial charge in [-0.1, -0.05) is 17.7 Å². The number of benzene rings is 1. The van der Waals surface area contributed by atoms with Crippen LogP contribution in [-0.2, 0) is 0 Å². The molecule has 1 aromatic carbocycles. The standard InChI is InChI=1S/C14H16ClN3/c1-10-8-14(18-6-4-16-5-7-18)17-13-9-11(15)2-3-12(10)13/h2-3,8-9,16H,4-7H2,1H3. The van der Waals surface area contributed by atoms with Gasteiger partial charge in [0.25, 0.3) is 0 Å². The number of aromatic nitrogens is 1. The first-order chi connectivity index (χ1) is 8.74. The van der Waals surface area contributed by atoms with Gasteiger partial charge in [-0.3, -0.25) is 0 Å². The minimum Gasteiger partial charge on any atom is -0.354 e. The fourth-order valence-electron chi connectivity index (χ4n) is 2.41. The molecule has 1 N–H and O–H groups in total. The molecule has 4 heteroatoms. The van der Waals surface area contributed by atoms with Crippen LogP contribution in [0.3, 0.4) is 0 Å². The lowest BCUT2D eigenvalue weighted by Crippen LogP contribution is -2.43. The molecule has 3 rings (SSSR count). The van der Waals surface area contributed by atoms with Crippen LogP contribution in [0.25, 0.3) is 10.9 Å². The van der Waals surface area contributed by atoms with E-state index in [-0.39, 0.29) is 0 Å². The van der Waals surface area contributed by atoms with Crippen molar-refractivity contribution < 1.29 is 0 Å². The summed E-state index contributed by atoms with van der Waals surface area (Å²) < 4.78 is 0. The van der Waals surface area contributed by atoms with Crippen LogP contribution >= 0.6 is 11.6 Å². The van der Waals surface area contributed by atoms with E-state index in [4.69, 9.17) is 16.6 Å². The van der Waals surface area contributed by atoms with Crippen molar-refractivity contribution in [1.82, 2.24) is 10.3 Å². The number of nitrogens with zero attached hydrogens (tertiary/aromatic N) is 2. The Hall–Kier alpha value is -1.32. The van der Waals surface area contributed by atoms with Gasteiger partial charge in [0.2, 0.25) is 0 Å². The van der Waals surface area contributed by atoms with Gasteiger partial charge in [-0.2, -0.15) is 0 Å². The first kappa shape index (κ1) is 11.8. The molecule has 1 fully saturated rings. The van der Waals surface area contributed by atoms with E-state index in [0.29, 0.717) is 0 Å². The number of fused-ring (bicyclic) bond motifs is 1. The van der Waals surface area contributed by atoms with E-state index in [9.17, 15) is 0 Å². The average Bonchev–Trinajstić information content (AvgIpc) is 2.39. The van der Waals surface area contributed by atoms with Gasteiger partial charge in [0.1, 0.15) is 5.82 Å². The molecular formula is C14H16ClN3. The Bertz CT molecular complexity index is 577. The van der Waals surface area contributed by atoms with Gasteiger partial charge in [-0.15, -0.1) is 0 Å². The molecule has 0 radical (unpaired) electrons. The maximum Gasteiger partial charge on any atom is 0.129 e. The maximum absolute atomic E-state index is 6.05. The predicted molar refractivity (Wildman–Crippen MR) is 76.6 cm³/mol. The molecule has 1 saturated heterocycles. The first-order valence-electron chi connectivity index (χ1n) is 6.26. The van der Waals surface area contributed by atoms with Crippen LogP contribution in [0.1, 0.15) is 5.56 Å². The summed E-state index contributed by atoms with van der Waals surface area (Å²) in [6.07, 6.45) is 0. The van der Waals surface area contributed by atoms with Crippen LogP contribution in [0.4, 0.5) is 5.82 Å². The summed E-state index contributed by atoms with van der Waals surface area (Å²) in [5.41, 5.74) is 2.24. The smallest absolute Gasteiger partial charge is 0.129 e. The van der Waals surface area contributed by atoms with Gasteiger partial charge < -0.3 is 10.2 Å². The molecule has 0 unspecified atom stereocenters. The van der Waals surface area contributed by atoms with Crippen LogP contribution in [0, 0.1) is 6.92 Å². The highest BCUT2D eigenvalue weighted by Crippen LogP contribution is 2.25. The number of rotatable bonds is 1. The van der Waals surface area contributed by atoms with E-state index in [2.05, 4.69) is 23.2 Å². The van der Waals surface area contributed by atoms with E-state index in [1.54, 1.807) is 0 Å². The van der Waals surface area contributed by atoms with Crippen LogP contribution in [0.2, 0.25) is 5.02 Å². The Morgan fingerprint density at radius 3 is 2.78 bits per heavy atom. The lowest BCUT2D eigenvalue weighted by molar-refractivity contribution is 0.585. The number of aryl methyl sites for hydroxylation is 1. The molecular weight excluding hydrogens is 246 g/mol. The van der Waals surface area contributed by atoms with E-state index < -0.39 is 0 Å². The van der Waals surface area contributed by atoms with E-state index in [0.717, 1.165) is 42.5 Å². The fraction of sp³-hybridized carbons (Fsp3) is 0.357. The highest BCUT2D eigenvalue weighted by atomic mass is 35.5. The Morgan fingerprint density at radius 1 is 1.22 bits per heavy atom. The quantitative estimate of drug-likeness (QED) is 0.855. The molecule has 0 aliphatic carbocycles. The highest BCUT2D eigenvalue weighted by Gasteiger charge is 2.13. The van der Waals surface area contributed by atoms with Crippen molar-refractivity contribution in [3.05, 3.63) is 34.9 Å². The molecule has 1 aliphatic rings. The van der Waals surface area contributed by atoms with Crippen LogP contribution in [0.5, 0.6) is 0 Å². The van der Waals surface area contributed by atoms with Crippen molar-refractivity contribution in [3.8, 4) is 0 Å². The summed E-state index contributed by atoms with van der Waals surface area (Å²) in [5, 5.41) is 5.28. The third-order valence-corrected chi connectivity index (χ3v) is 3.64. The van der Waals surface area contributed by atoms with Crippen molar-refractivity contribution in [2.24, 2.45) is 0 Å². The number of hydrogen-bond acceptors (Lipinski definition) is 3. The van der Waals surface area contributed by atoms with Crippen molar-refractivity contribution in [2.45, 2.75) is 6.92 Å². The summed E-state index contributed by atoms with van der Waals surface area (Å²) in [7, 11) is 0. The molecule has 0 amide bonds. The second kappa shape index (κ2) is 4.75. The van der Waals surface area contributed by atoms with Crippen LogP contribution in [-0.4, -0.2) is 31.2 Å². The fourth-order valence-corrected chi connectivity index (χ4v) is 2.58.